The molecule has 2 rings (SSSR count). The maximum atomic E-state index is 12.0. The van der Waals surface area contributed by atoms with Crippen LogP contribution < -0.4 is 15.2 Å². The maximum absolute atomic E-state index is 12.0. The molecule has 0 saturated carbocycles. The Morgan fingerprint density at radius 3 is 2.80 bits per heavy atom. The van der Waals surface area contributed by atoms with Gasteiger partial charge in [-0.1, -0.05) is 6.07 Å². The lowest BCUT2D eigenvalue weighted by Crippen LogP contribution is -2.39. The van der Waals surface area contributed by atoms with Crippen LogP contribution in [-0.2, 0) is 14.8 Å². The minimum atomic E-state index is -3.28. The van der Waals surface area contributed by atoms with Gasteiger partial charge in [0.2, 0.25) is 10.0 Å². The van der Waals surface area contributed by atoms with Crippen LogP contribution in [0.3, 0.4) is 0 Å². The van der Waals surface area contributed by atoms with Gasteiger partial charge in [0, 0.05) is 31.5 Å². The number of benzene rings is 1. The largest absolute Gasteiger partial charge is 0.492 e. The standard InChI is InChI=1S/C13H20N2O4S/c14-11-2-1-3-12(10-11)19-9-6-15-20(16,17)13-4-7-18-8-5-13/h1-3,10,13,15H,4-9,14H2. The summed E-state index contributed by atoms with van der Waals surface area (Å²) in [7, 11) is -3.28. The second kappa shape index (κ2) is 6.92. The molecular formula is C13H20N2O4S. The number of hydrogen-bond donors (Lipinski definition) is 2. The fourth-order valence-electron chi connectivity index (χ4n) is 2.06. The van der Waals surface area contributed by atoms with E-state index in [9.17, 15) is 8.42 Å². The molecule has 1 saturated heterocycles. The van der Waals surface area contributed by atoms with E-state index in [4.69, 9.17) is 15.2 Å². The minimum absolute atomic E-state index is 0.245. The van der Waals surface area contributed by atoms with Gasteiger partial charge in [-0.15, -0.1) is 0 Å². The maximum Gasteiger partial charge on any atom is 0.214 e. The number of sulfonamides is 1. The van der Waals surface area contributed by atoms with Crippen LogP contribution in [0.5, 0.6) is 5.75 Å². The van der Waals surface area contributed by atoms with Crippen molar-refractivity contribution in [2.45, 2.75) is 18.1 Å². The number of nitrogen functional groups attached to an aromatic ring is 1. The van der Waals surface area contributed by atoms with Gasteiger partial charge in [0.25, 0.3) is 0 Å². The molecule has 0 unspecified atom stereocenters. The molecule has 6 nitrogen and oxygen atoms in total. The van der Waals surface area contributed by atoms with E-state index in [1.807, 2.05) is 0 Å². The monoisotopic (exact) mass is 300 g/mol. The molecule has 1 heterocycles. The van der Waals surface area contributed by atoms with Crippen molar-refractivity contribution in [2.24, 2.45) is 0 Å². The number of hydrogen-bond acceptors (Lipinski definition) is 5. The van der Waals surface area contributed by atoms with Crippen molar-refractivity contribution in [1.82, 2.24) is 4.72 Å². The SMILES string of the molecule is Nc1cccc(OCCNS(=O)(=O)C2CCOCC2)c1. The molecular weight excluding hydrogens is 280 g/mol. The number of anilines is 1. The molecule has 1 fully saturated rings. The average Bonchev–Trinajstić information content (AvgIpc) is 2.45. The van der Waals surface area contributed by atoms with Gasteiger partial charge in [0.1, 0.15) is 12.4 Å². The minimum Gasteiger partial charge on any atom is -0.492 e. The first kappa shape index (κ1) is 15.1. The Balaban J connectivity index is 1.75. The lowest BCUT2D eigenvalue weighted by molar-refractivity contribution is 0.0981. The molecule has 1 aromatic carbocycles. The van der Waals surface area contributed by atoms with Crippen LogP contribution in [0.1, 0.15) is 12.8 Å². The molecule has 0 aromatic heterocycles. The number of rotatable bonds is 6. The summed E-state index contributed by atoms with van der Waals surface area (Å²) in [5, 5.41) is -0.358. The molecule has 1 aliphatic heterocycles. The molecule has 112 valence electrons. The van der Waals surface area contributed by atoms with E-state index in [1.165, 1.54) is 0 Å². The van der Waals surface area contributed by atoms with Crippen LogP contribution in [0.2, 0.25) is 0 Å². The fourth-order valence-corrected chi connectivity index (χ4v) is 3.48. The van der Waals surface area contributed by atoms with Crippen molar-refractivity contribution in [3.05, 3.63) is 24.3 Å². The van der Waals surface area contributed by atoms with Crippen molar-refractivity contribution in [1.29, 1.82) is 0 Å². The van der Waals surface area contributed by atoms with E-state index >= 15 is 0 Å². The Hall–Kier alpha value is -1.31. The first-order valence-electron chi connectivity index (χ1n) is 6.62. The van der Waals surface area contributed by atoms with Gasteiger partial charge in [0.05, 0.1) is 5.25 Å². The smallest absolute Gasteiger partial charge is 0.214 e. The van der Waals surface area contributed by atoms with Gasteiger partial charge in [0.15, 0.2) is 0 Å². The summed E-state index contributed by atoms with van der Waals surface area (Å²) < 4.78 is 37.2. The summed E-state index contributed by atoms with van der Waals surface area (Å²) in [4.78, 5) is 0. The van der Waals surface area contributed by atoms with E-state index in [0.29, 0.717) is 37.5 Å². The van der Waals surface area contributed by atoms with Crippen LogP contribution >= 0.6 is 0 Å². The van der Waals surface area contributed by atoms with E-state index in [1.54, 1.807) is 24.3 Å². The van der Waals surface area contributed by atoms with Crippen LogP contribution in [0.15, 0.2) is 24.3 Å². The normalized spacial score (nSPS) is 17.0. The van der Waals surface area contributed by atoms with Gasteiger partial charge in [-0.05, 0) is 25.0 Å². The molecule has 0 bridgehead atoms. The second-order valence-electron chi connectivity index (χ2n) is 4.67. The topological polar surface area (TPSA) is 90.6 Å². The first-order valence-corrected chi connectivity index (χ1v) is 8.17. The second-order valence-corrected chi connectivity index (χ2v) is 6.72. The lowest BCUT2D eigenvalue weighted by Gasteiger charge is -2.22. The molecule has 3 N–H and O–H groups in total. The van der Waals surface area contributed by atoms with Crippen LogP contribution in [0, 0.1) is 0 Å². The number of nitrogens with two attached hydrogens (primary N) is 1. The van der Waals surface area contributed by atoms with Gasteiger partial charge >= 0.3 is 0 Å². The van der Waals surface area contributed by atoms with E-state index in [0.717, 1.165) is 0 Å². The summed E-state index contributed by atoms with van der Waals surface area (Å²) in [6, 6.07) is 7.04. The van der Waals surface area contributed by atoms with E-state index < -0.39 is 10.0 Å². The average molecular weight is 300 g/mol. The summed E-state index contributed by atoms with van der Waals surface area (Å²) in [6.45, 7) is 1.52. The summed E-state index contributed by atoms with van der Waals surface area (Å²) in [6.07, 6.45) is 1.09. The quantitative estimate of drug-likeness (QED) is 0.597. The van der Waals surface area contributed by atoms with Crippen molar-refractivity contribution in [2.75, 3.05) is 32.1 Å². The zero-order valence-electron chi connectivity index (χ0n) is 11.2. The molecule has 1 aliphatic rings. The fraction of sp³-hybridized carbons (Fsp3) is 0.538. The predicted molar refractivity (Wildman–Crippen MR) is 77.1 cm³/mol. The van der Waals surface area contributed by atoms with Crippen LogP contribution in [0.25, 0.3) is 0 Å². The molecule has 0 radical (unpaired) electrons. The van der Waals surface area contributed by atoms with E-state index in [-0.39, 0.29) is 18.4 Å². The highest BCUT2D eigenvalue weighted by Crippen LogP contribution is 2.15. The molecule has 0 amide bonds. The third kappa shape index (κ3) is 4.36. The van der Waals surface area contributed by atoms with Crippen LogP contribution in [-0.4, -0.2) is 40.0 Å². The van der Waals surface area contributed by atoms with Crippen molar-refractivity contribution in [3.8, 4) is 5.75 Å². The van der Waals surface area contributed by atoms with Gasteiger partial charge in [-0.3, -0.25) is 0 Å². The summed E-state index contributed by atoms with van der Waals surface area (Å²) in [5.74, 6) is 0.635. The molecule has 0 aliphatic carbocycles. The lowest BCUT2D eigenvalue weighted by atomic mass is 10.2. The molecule has 7 heteroatoms. The summed E-state index contributed by atoms with van der Waals surface area (Å²) >= 11 is 0. The number of ether oxygens (including phenoxy) is 2. The Morgan fingerprint density at radius 2 is 2.10 bits per heavy atom. The Bertz CT molecular complexity index is 527. The molecule has 0 atom stereocenters. The molecule has 20 heavy (non-hydrogen) atoms. The Labute approximate surface area is 119 Å². The third-order valence-corrected chi connectivity index (χ3v) is 5.09. The third-order valence-electron chi connectivity index (χ3n) is 3.14. The van der Waals surface area contributed by atoms with Gasteiger partial charge < -0.3 is 15.2 Å². The number of nitrogens with one attached hydrogen (secondary N) is 1. The zero-order valence-corrected chi connectivity index (χ0v) is 12.1. The van der Waals surface area contributed by atoms with Gasteiger partial charge in [-0.2, -0.15) is 0 Å². The zero-order chi connectivity index (χ0) is 14.4. The first-order chi connectivity index (χ1) is 9.58. The molecule has 0 spiro atoms. The highest BCUT2D eigenvalue weighted by molar-refractivity contribution is 7.90. The molecule has 1 aromatic rings. The highest BCUT2D eigenvalue weighted by Gasteiger charge is 2.26. The van der Waals surface area contributed by atoms with Gasteiger partial charge in [-0.25, -0.2) is 13.1 Å². The Kier molecular flexibility index (Phi) is 5.22. The van der Waals surface area contributed by atoms with Crippen molar-refractivity contribution < 1.29 is 17.9 Å². The van der Waals surface area contributed by atoms with Crippen molar-refractivity contribution in [3.63, 3.8) is 0 Å². The van der Waals surface area contributed by atoms with Crippen molar-refractivity contribution >= 4 is 15.7 Å². The van der Waals surface area contributed by atoms with Crippen LogP contribution in [0.4, 0.5) is 5.69 Å². The van der Waals surface area contributed by atoms with E-state index in [2.05, 4.69) is 4.72 Å². The highest BCUT2D eigenvalue weighted by atomic mass is 32.2. The summed E-state index contributed by atoms with van der Waals surface area (Å²) in [5.41, 5.74) is 6.24. The Morgan fingerprint density at radius 1 is 1.35 bits per heavy atom. The predicted octanol–water partition coefficient (Wildman–Crippen LogP) is 0.746.